The first-order chi connectivity index (χ1) is 7.60. The average molecular weight is 221 g/mol. The molecule has 1 atom stereocenters. The van der Waals surface area contributed by atoms with Crippen molar-refractivity contribution in [2.75, 3.05) is 13.7 Å². The summed E-state index contributed by atoms with van der Waals surface area (Å²) in [6, 6.07) is 4.24. The number of methoxy groups -OCH3 is 1. The fraction of sp³-hybridized carbons (Fsp3) is 0.571. The molecule has 16 heavy (non-hydrogen) atoms. The summed E-state index contributed by atoms with van der Waals surface area (Å²) in [4.78, 5) is 0. The van der Waals surface area contributed by atoms with Gasteiger partial charge < -0.3 is 10.5 Å². The molecule has 0 aliphatic carbocycles. The number of hydrogen-bond acceptors (Lipinski definition) is 2. The van der Waals surface area contributed by atoms with Gasteiger partial charge in [0.1, 0.15) is 5.75 Å². The van der Waals surface area contributed by atoms with E-state index in [-0.39, 0.29) is 0 Å². The van der Waals surface area contributed by atoms with Crippen LogP contribution in [0.1, 0.15) is 30.0 Å². The molecule has 2 N–H and O–H groups in total. The average Bonchev–Trinajstić information content (AvgIpc) is 2.25. The van der Waals surface area contributed by atoms with E-state index in [1.165, 1.54) is 16.7 Å². The highest BCUT2D eigenvalue weighted by Crippen LogP contribution is 2.25. The van der Waals surface area contributed by atoms with Gasteiger partial charge in [0.25, 0.3) is 0 Å². The Hall–Kier alpha value is -1.02. The van der Waals surface area contributed by atoms with Crippen LogP contribution in [-0.2, 0) is 6.42 Å². The number of hydrogen-bond donors (Lipinski definition) is 1. The zero-order valence-corrected chi connectivity index (χ0v) is 10.8. The predicted molar refractivity (Wildman–Crippen MR) is 69.0 cm³/mol. The lowest BCUT2D eigenvalue weighted by atomic mass is 9.93. The lowest BCUT2D eigenvalue weighted by Gasteiger charge is -2.15. The van der Waals surface area contributed by atoms with E-state index in [4.69, 9.17) is 10.5 Å². The highest BCUT2D eigenvalue weighted by atomic mass is 16.5. The molecule has 0 spiro atoms. The van der Waals surface area contributed by atoms with Crippen LogP contribution in [0.15, 0.2) is 12.1 Å². The Labute approximate surface area is 98.8 Å². The van der Waals surface area contributed by atoms with E-state index in [9.17, 15) is 0 Å². The first-order valence-electron chi connectivity index (χ1n) is 5.93. The molecule has 2 heteroatoms. The van der Waals surface area contributed by atoms with Crippen molar-refractivity contribution in [2.24, 2.45) is 11.7 Å². The van der Waals surface area contributed by atoms with Gasteiger partial charge in [-0.15, -0.1) is 0 Å². The number of nitrogens with two attached hydrogens (primary N) is 1. The topological polar surface area (TPSA) is 35.2 Å². The molecule has 1 unspecified atom stereocenters. The maximum Gasteiger partial charge on any atom is 0.122 e. The minimum Gasteiger partial charge on any atom is -0.496 e. The summed E-state index contributed by atoms with van der Waals surface area (Å²) >= 11 is 0. The van der Waals surface area contributed by atoms with Crippen LogP contribution in [0.5, 0.6) is 5.75 Å². The van der Waals surface area contributed by atoms with Gasteiger partial charge in [0.15, 0.2) is 0 Å². The van der Waals surface area contributed by atoms with E-state index in [1.807, 2.05) is 0 Å². The maximum absolute atomic E-state index is 5.58. The van der Waals surface area contributed by atoms with Crippen LogP contribution in [-0.4, -0.2) is 13.7 Å². The summed E-state index contributed by atoms with van der Waals surface area (Å²) in [5, 5.41) is 0. The Bertz CT molecular complexity index is 347. The molecule has 2 nitrogen and oxygen atoms in total. The van der Waals surface area contributed by atoms with Gasteiger partial charge in [0.05, 0.1) is 7.11 Å². The van der Waals surface area contributed by atoms with Crippen LogP contribution in [0.3, 0.4) is 0 Å². The zero-order chi connectivity index (χ0) is 12.1. The second-order valence-corrected chi connectivity index (χ2v) is 4.56. The molecule has 1 aromatic carbocycles. The normalized spacial score (nSPS) is 12.6. The number of benzene rings is 1. The van der Waals surface area contributed by atoms with Crippen molar-refractivity contribution in [1.82, 2.24) is 0 Å². The Morgan fingerprint density at radius 2 is 1.94 bits per heavy atom. The molecule has 0 heterocycles. The largest absolute Gasteiger partial charge is 0.496 e. The third-order valence-electron chi connectivity index (χ3n) is 3.30. The second kappa shape index (κ2) is 5.90. The van der Waals surface area contributed by atoms with E-state index in [0.717, 1.165) is 25.1 Å². The van der Waals surface area contributed by atoms with Crippen molar-refractivity contribution >= 4 is 0 Å². The van der Waals surface area contributed by atoms with E-state index >= 15 is 0 Å². The molecule has 1 rings (SSSR count). The minimum absolute atomic E-state index is 0.650. The predicted octanol–water partition coefficient (Wildman–Crippen LogP) is 2.84. The van der Waals surface area contributed by atoms with Gasteiger partial charge in [-0.3, -0.25) is 0 Å². The second-order valence-electron chi connectivity index (χ2n) is 4.56. The van der Waals surface area contributed by atoms with Crippen molar-refractivity contribution in [2.45, 2.75) is 33.6 Å². The van der Waals surface area contributed by atoms with Crippen LogP contribution < -0.4 is 10.5 Å². The van der Waals surface area contributed by atoms with Crippen molar-refractivity contribution in [1.29, 1.82) is 0 Å². The molecule has 90 valence electrons. The van der Waals surface area contributed by atoms with Gasteiger partial charge in [0.2, 0.25) is 0 Å². The Balaban J connectivity index is 2.86. The molecule has 0 saturated heterocycles. The van der Waals surface area contributed by atoms with Gasteiger partial charge in [-0.25, -0.2) is 0 Å². The smallest absolute Gasteiger partial charge is 0.122 e. The van der Waals surface area contributed by atoms with E-state index in [1.54, 1.807) is 7.11 Å². The van der Waals surface area contributed by atoms with Crippen LogP contribution in [0.2, 0.25) is 0 Å². The molecule has 0 amide bonds. The lowest BCUT2D eigenvalue weighted by molar-refractivity contribution is 0.411. The quantitative estimate of drug-likeness (QED) is 0.829. The van der Waals surface area contributed by atoms with Crippen LogP contribution in [0.25, 0.3) is 0 Å². The Morgan fingerprint density at radius 3 is 2.50 bits per heavy atom. The number of rotatable bonds is 5. The fourth-order valence-electron chi connectivity index (χ4n) is 2.06. The maximum atomic E-state index is 5.58. The Kier molecular flexibility index (Phi) is 4.81. The monoisotopic (exact) mass is 221 g/mol. The van der Waals surface area contributed by atoms with E-state index < -0.39 is 0 Å². The SMILES string of the molecule is COc1ccc(CC(C)CCN)c(C)c1C. The van der Waals surface area contributed by atoms with Crippen LogP contribution >= 0.6 is 0 Å². The van der Waals surface area contributed by atoms with E-state index in [0.29, 0.717) is 5.92 Å². The van der Waals surface area contributed by atoms with Gasteiger partial charge >= 0.3 is 0 Å². The summed E-state index contributed by atoms with van der Waals surface area (Å²) in [7, 11) is 1.72. The third kappa shape index (κ3) is 2.99. The molecular formula is C14H23NO. The number of ether oxygens (including phenoxy) is 1. The fourth-order valence-corrected chi connectivity index (χ4v) is 2.06. The van der Waals surface area contributed by atoms with Gasteiger partial charge in [-0.1, -0.05) is 13.0 Å². The summed E-state index contributed by atoms with van der Waals surface area (Å²) in [5.74, 6) is 1.63. The summed E-state index contributed by atoms with van der Waals surface area (Å²) in [6.45, 7) is 7.31. The van der Waals surface area contributed by atoms with Crippen molar-refractivity contribution in [3.8, 4) is 5.75 Å². The molecule has 0 aliphatic rings. The summed E-state index contributed by atoms with van der Waals surface area (Å²) in [5.41, 5.74) is 9.59. The standard InChI is InChI=1S/C14H23NO/c1-10(7-8-15)9-13-5-6-14(16-4)12(3)11(13)2/h5-6,10H,7-9,15H2,1-4H3. The first kappa shape index (κ1) is 13.0. The van der Waals surface area contributed by atoms with Crippen LogP contribution in [0, 0.1) is 19.8 Å². The summed E-state index contributed by atoms with van der Waals surface area (Å²) in [6.07, 6.45) is 2.19. The van der Waals surface area contributed by atoms with Gasteiger partial charge in [-0.05, 0) is 61.9 Å². The van der Waals surface area contributed by atoms with Gasteiger partial charge in [0, 0.05) is 0 Å². The molecule has 1 aromatic rings. The van der Waals surface area contributed by atoms with Crippen molar-refractivity contribution in [3.63, 3.8) is 0 Å². The van der Waals surface area contributed by atoms with E-state index in [2.05, 4.69) is 32.9 Å². The highest BCUT2D eigenvalue weighted by Gasteiger charge is 2.09. The molecule has 0 saturated carbocycles. The molecule has 0 bridgehead atoms. The molecule has 0 fully saturated rings. The minimum atomic E-state index is 0.650. The van der Waals surface area contributed by atoms with Crippen LogP contribution in [0.4, 0.5) is 0 Å². The Morgan fingerprint density at radius 1 is 1.25 bits per heavy atom. The van der Waals surface area contributed by atoms with Crippen molar-refractivity contribution < 1.29 is 4.74 Å². The highest BCUT2D eigenvalue weighted by molar-refractivity contribution is 5.43. The molecule has 0 aromatic heterocycles. The zero-order valence-electron chi connectivity index (χ0n) is 10.8. The third-order valence-corrected chi connectivity index (χ3v) is 3.30. The molecular weight excluding hydrogens is 198 g/mol. The molecule has 0 radical (unpaired) electrons. The summed E-state index contributed by atoms with van der Waals surface area (Å²) < 4.78 is 5.31. The van der Waals surface area contributed by atoms with Crippen molar-refractivity contribution in [3.05, 3.63) is 28.8 Å². The lowest BCUT2D eigenvalue weighted by Crippen LogP contribution is -2.09. The van der Waals surface area contributed by atoms with Gasteiger partial charge in [-0.2, -0.15) is 0 Å². The molecule has 0 aliphatic heterocycles. The first-order valence-corrected chi connectivity index (χ1v) is 5.93.